The van der Waals surface area contributed by atoms with Gasteiger partial charge < -0.3 is 4.52 Å². The average molecular weight is 315 g/mol. The highest BCUT2D eigenvalue weighted by Crippen LogP contribution is 2.39. The maximum absolute atomic E-state index is 5.39. The van der Waals surface area contributed by atoms with Gasteiger partial charge in [0.1, 0.15) is 0 Å². The van der Waals surface area contributed by atoms with E-state index in [4.69, 9.17) is 4.52 Å². The Morgan fingerprint density at radius 2 is 2.09 bits per heavy atom. The third-order valence-electron chi connectivity index (χ3n) is 4.46. The summed E-state index contributed by atoms with van der Waals surface area (Å²) in [5.74, 6) is 4.52. The molecule has 0 unspecified atom stereocenters. The molecule has 2 aliphatic rings. The first-order valence-corrected chi connectivity index (χ1v) is 9.16. The van der Waals surface area contributed by atoms with Crippen molar-refractivity contribution in [2.75, 3.05) is 18.1 Å². The molecule has 2 heterocycles. The summed E-state index contributed by atoms with van der Waals surface area (Å²) in [6, 6.07) is 9.36. The van der Waals surface area contributed by atoms with Gasteiger partial charge in [0.05, 0.1) is 6.54 Å². The van der Waals surface area contributed by atoms with Crippen LogP contribution in [0.3, 0.4) is 0 Å². The van der Waals surface area contributed by atoms with E-state index in [0.717, 1.165) is 30.6 Å². The minimum atomic E-state index is 0.447. The van der Waals surface area contributed by atoms with Crippen LogP contribution < -0.4 is 0 Å². The highest BCUT2D eigenvalue weighted by Gasteiger charge is 2.31. The van der Waals surface area contributed by atoms with Crippen molar-refractivity contribution in [2.24, 2.45) is 0 Å². The Morgan fingerprint density at radius 1 is 1.27 bits per heavy atom. The fraction of sp³-hybridized carbons (Fsp3) is 0.529. The van der Waals surface area contributed by atoms with E-state index in [2.05, 4.69) is 46.2 Å². The second-order valence-corrected chi connectivity index (χ2v) is 7.44. The maximum atomic E-state index is 5.39. The van der Waals surface area contributed by atoms with Gasteiger partial charge in [-0.05, 0) is 25.3 Å². The van der Waals surface area contributed by atoms with Gasteiger partial charge >= 0.3 is 0 Å². The van der Waals surface area contributed by atoms with E-state index in [0.29, 0.717) is 12.0 Å². The first-order valence-electron chi connectivity index (χ1n) is 8.00. The summed E-state index contributed by atoms with van der Waals surface area (Å²) in [6.07, 6.45) is 2.40. The van der Waals surface area contributed by atoms with Gasteiger partial charge in [0, 0.05) is 30.0 Å². The van der Waals surface area contributed by atoms with Crippen LogP contribution in [0.1, 0.15) is 47.6 Å². The molecule has 0 spiro atoms. The van der Waals surface area contributed by atoms with Gasteiger partial charge in [-0.1, -0.05) is 35.0 Å². The van der Waals surface area contributed by atoms with Crippen LogP contribution in [0.2, 0.25) is 0 Å². The number of thioether (sulfide) groups is 1. The lowest BCUT2D eigenvalue weighted by Crippen LogP contribution is -2.36. The van der Waals surface area contributed by atoms with Crippen LogP contribution in [0.25, 0.3) is 0 Å². The monoisotopic (exact) mass is 315 g/mol. The first-order chi connectivity index (χ1) is 10.8. The van der Waals surface area contributed by atoms with Crippen LogP contribution in [0.15, 0.2) is 28.8 Å². The fourth-order valence-corrected chi connectivity index (χ4v) is 4.09. The van der Waals surface area contributed by atoms with Gasteiger partial charge in [-0.3, -0.25) is 4.90 Å². The van der Waals surface area contributed by atoms with Crippen LogP contribution in [-0.4, -0.2) is 33.1 Å². The molecule has 1 saturated heterocycles. The summed E-state index contributed by atoms with van der Waals surface area (Å²) < 4.78 is 5.39. The molecule has 22 heavy (non-hydrogen) atoms. The molecule has 0 amide bonds. The number of aromatic nitrogens is 2. The summed E-state index contributed by atoms with van der Waals surface area (Å²) >= 11 is 2.03. The zero-order chi connectivity index (χ0) is 14.9. The Bertz CT molecular complexity index is 636. The molecular formula is C17H21N3OS. The van der Waals surface area contributed by atoms with Crippen molar-refractivity contribution in [3.05, 3.63) is 47.1 Å². The molecule has 4 nitrogen and oxygen atoms in total. The Kier molecular flexibility index (Phi) is 3.92. The SMILES string of the molecule is Cc1ccc([C@H]2CSCCN2Cc2noc(C3CC3)n2)cc1. The molecule has 1 atom stereocenters. The lowest BCUT2D eigenvalue weighted by atomic mass is 10.0. The second kappa shape index (κ2) is 6.05. The third-order valence-corrected chi connectivity index (χ3v) is 5.48. The summed E-state index contributed by atoms with van der Waals surface area (Å²) in [5.41, 5.74) is 2.70. The van der Waals surface area contributed by atoms with Crippen LogP contribution in [0.5, 0.6) is 0 Å². The molecule has 1 aliphatic heterocycles. The second-order valence-electron chi connectivity index (χ2n) is 6.29. The largest absolute Gasteiger partial charge is 0.339 e. The highest BCUT2D eigenvalue weighted by molar-refractivity contribution is 7.99. The predicted octanol–water partition coefficient (Wildman–Crippen LogP) is 3.55. The van der Waals surface area contributed by atoms with E-state index in [1.165, 1.54) is 29.7 Å². The van der Waals surface area contributed by atoms with Gasteiger partial charge in [-0.2, -0.15) is 16.7 Å². The molecule has 1 aromatic carbocycles. The van der Waals surface area contributed by atoms with Crippen molar-refractivity contribution >= 4 is 11.8 Å². The Hall–Kier alpha value is -1.33. The van der Waals surface area contributed by atoms with Crippen molar-refractivity contribution < 1.29 is 4.52 Å². The lowest BCUT2D eigenvalue weighted by molar-refractivity contribution is 0.204. The van der Waals surface area contributed by atoms with E-state index in [-0.39, 0.29) is 0 Å². The molecule has 1 aliphatic carbocycles. The molecule has 2 aromatic rings. The van der Waals surface area contributed by atoms with Crippen LogP contribution >= 0.6 is 11.8 Å². The fourth-order valence-electron chi connectivity index (χ4n) is 2.93. The highest BCUT2D eigenvalue weighted by atomic mass is 32.2. The molecule has 0 radical (unpaired) electrons. The number of nitrogens with zero attached hydrogens (tertiary/aromatic N) is 3. The zero-order valence-electron chi connectivity index (χ0n) is 12.9. The maximum Gasteiger partial charge on any atom is 0.229 e. The predicted molar refractivity (Wildman–Crippen MR) is 87.9 cm³/mol. The van der Waals surface area contributed by atoms with E-state index in [1.54, 1.807) is 0 Å². The average Bonchev–Trinajstić information content (AvgIpc) is 3.29. The van der Waals surface area contributed by atoms with Gasteiger partial charge in [0.2, 0.25) is 5.89 Å². The Labute approximate surface area is 135 Å². The number of hydrogen-bond acceptors (Lipinski definition) is 5. The molecule has 0 N–H and O–H groups in total. The standard InChI is InChI=1S/C17H21N3OS/c1-12-2-4-13(5-3-12)15-11-22-9-8-20(15)10-16-18-17(21-19-16)14-6-7-14/h2-5,14-15H,6-11H2,1H3/t15-/m1/s1. The Morgan fingerprint density at radius 3 is 2.86 bits per heavy atom. The molecule has 2 fully saturated rings. The molecular weight excluding hydrogens is 294 g/mol. The summed E-state index contributed by atoms with van der Waals surface area (Å²) in [6.45, 7) is 4.00. The van der Waals surface area contributed by atoms with E-state index in [9.17, 15) is 0 Å². The van der Waals surface area contributed by atoms with Crippen LogP contribution in [-0.2, 0) is 6.54 Å². The smallest absolute Gasteiger partial charge is 0.229 e. The summed E-state index contributed by atoms with van der Waals surface area (Å²) in [4.78, 5) is 7.07. The van der Waals surface area contributed by atoms with Gasteiger partial charge in [-0.15, -0.1) is 0 Å². The number of rotatable bonds is 4. The van der Waals surface area contributed by atoms with Crippen molar-refractivity contribution in [3.8, 4) is 0 Å². The van der Waals surface area contributed by atoms with E-state index < -0.39 is 0 Å². The molecule has 0 bridgehead atoms. The quantitative estimate of drug-likeness (QED) is 0.863. The lowest BCUT2D eigenvalue weighted by Gasteiger charge is -2.34. The van der Waals surface area contributed by atoms with E-state index in [1.807, 2.05) is 11.8 Å². The van der Waals surface area contributed by atoms with Gasteiger partial charge in [0.15, 0.2) is 5.82 Å². The third kappa shape index (κ3) is 3.06. The molecule has 4 rings (SSSR count). The first kappa shape index (κ1) is 14.3. The van der Waals surface area contributed by atoms with Crippen molar-refractivity contribution in [3.63, 3.8) is 0 Å². The molecule has 116 valence electrons. The van der Waals surface area contributed by atoms with Gasteiger partial charge in [0.25, 0.3) is 0 Å². The topological polar surface area (TPSA) is 42.2 Å². The zero-order valence-corrected chi connectivity index (χ0v) is 13.7. The van der Waals surface area contributed by atoms with Crippen molar-refractivity contribution in [1.82, 2.24) is 15.0 Å². The van der Waals surface area contributed by atoms with Crippen molar-refractivity contribution in [1.29, 1.82) is 0 Å². The number of hydrogen-bond donors (Lipinski definition) is 0. The molecule has 1 aromatic heterocycles. The number of benzene rings is 1. The van der Waals surface area contributed by atoms with E-state index >= 15 is 0 Å². The number of aryl methyl sites for hydroxylation is 1. The summed E-state index contributed by atoms with van der Waals surface area (Å²) in [5, 5.41) is 4.18. The molecule has 1 saturated carbocycles. The van der Waals surface area contributed by atoms with Crippen LogP contribution in [0, 0.1) is 6.92 Å². The summed E-state index contributed by atoms with van der Waals surface area (Å²) in [7, 11) is 0. The Balaban J connectivity index is 1.50. The normalized spacial score (nSPS) is 22.9. The molecule has 5 heteroatoms. The minimum Gasteiger partial charge on any atom is -0.339 e. The van der Waals surface area contributed by atoms with Crippen molar-refractivity contribution in [2.45, 2.75) is 38.3 Å². The van der Waals surface area contributed by atoms with Gasteiger partial charge in [-0.25, -0.2) is 0 Å². The minimum absolute atomic E-state index is 0.447. The van der Waals surface area contributed by atoms with Crippen LogP contribution in [0.4, 0.5) is 0 Å².